The molecule has 0 aliphatic rings. The molecule has 1 amide bonds. The van der Waals surface area contributed by atoms with Gasteiger partial charge in [-0.3, -0.25) is 4.79 Å². The van der Waals surface area contributed by atoms with Crippen molar-refractivity contribution in [2.75, 3.05) is 12.4 Å². The monoisotopic (exact) mass is 365 g/mol. The second-order valence-electron chi connectivity index (χ2n) is 4.43. The molecule has 0 atom stereocenters. The molecule has 0 spiro atoms. The van der Waals surface area contributed by atoms with Gasteiger partial charge in [0.05, 0.1) is 5.56 Å². The minimum Gasteiger partial charge on any atom is -0.336 e. The third-order valence-corrected chi connectivity index (χ3v) is 4.76. The number of carbonyl (C=O) groups excluding carboxylic acids is 1. The molecule has 0 radical (unpaired) electrons. The zero-order valence-electron chi connectivity index (χ0n) is 9.93. The van der Waals surface area contributed by atoms with Gasteiger partial charge in [0, 0.05) is 22.4 Å². The summed E-state index contributed by atoms with van der Waals surface area (Å²) in [6.45, 7) is 3.87. The molecule has 5 heteroatoms. The Hall–Kier alpha value is -0.420. The maximum atomic E-state index is 13.1. The molecule has 1 rings (SSSR count). The number of rotatable bonds is 3. The molecule has 17 heavy (non-hydrogen) atoms. The molecule has 1 aromatic rings. The predicted molar refractivity (Wildman–Crippen MR) is 74.1 cm³/mol. The van der Waals surface area contributed by atoms with Crippen LogP contribution in [0.4, 0.5) is 4.39 Å². The third-order valence-electron chi connectivity index (χ3n) is 2.70. The van der Waals surface area contributed by atoms with Crippen LogP contribution in [-0.2, 0) is 0 Å². The van der Waals surface area contributed by atoms with E-state index in [1.54, 1.807) is 11.9 Å². The molecule has 94 valence electrons. The van der Waals surface area contributed by atoms with Crippen LogP contribution in [0.5, 0.6) is 0 Å². The molecule has 2 nitrogen and oxygen atoms in total. The topological polar surface area (TPSA) is 20.3 Å². The van der Waals surface area contributed by atoms with Gasteiger partial charge in [-0.1, -0.05) is 15.9 Å². The van der Waals surface area contributed by atoms with Crippen LogP contribution in [0.15, 0.2) is 22.7 Å². The molecule has 0 fully saturated rings. The van der Waals surface area contributed by atoms with Gasteiger partial charge in [-0.15, -0.1) is 0 Å². The van der Waals surface area contributed by atoms with Crippen LogP contribution in [0.1, 0.15) is 24.2 Å². The van der Waals surface area contributed by atoms with E-state index in [4.69, 9.17) is 0 Å². The average Bonchev–Trinajstić information content (AvgIpc) is 2.30. The van der Waals surface area contributed by atoms with Crippen molar-refractivity contribution in [3.63, 3.8) is 0 Å². The summed E-state index contributed by atoms with van der Waals surface area (Å²) in [5, 5.41) is 0.648. The number of carbonyl (C=O) groups is 1. The molecule has 0 aliphatic heterocycles. The van der Waals surface area contributed by atoms with Gasteiger partial charge < -0.3 is 4.90 Å². The van der Waals surface area contributed by atoms with Crippen molar-refractivity contribution in [1.82, 2.24) is 4.90 Å². The third kappa shape index (κ3) is 3.28. The lowest BCUT2D eigenvalue weighted by atomic mass is 10.1. The van der Waals surface area contributed by atoms with E-state index in [1.807, 2.05) is 13.8 Å². The van der Waals surface area contributed by atoms with Crippen LogP contribution in [0.3, 0.4) is 0 Å². The number of halogens is 3. The lowest BCUT2D eigenvalue weighted by Gasteiger charge is -2.34. The molecule has 0 unspecified atom stereocenters. The SMILES string of the molecule is CN(C(=O)c1cc(F)ccc1Br)C(C)(C)CBr. The Balaban J connectivity index is 3.08. The molecule has 0 saturated carbocycles. The Labute approximate surface area is 117 Å². The Morgan fingerprint density at radius 3 is 2.59 bits per heavy atom. The highest BCUT2D eigenvalue weighted by Gasteiger charge is 2.28. The van der Waals surface area contributed by atoms with Gasteiger partial charge in [-0.25, -0.2) is 4.39 Å². The van der Waals surface area contributed by atoms with Crippen molar-refractivity contribution in [2.45, 2.75) is 19.4 Å². The van der Waals surface area contributed by atoms with E-state index in [-0.39, 0.29) is 11.4 Å². The molecular formula is C12H14Br2FNO. The van der Waals surface area contributed by atoms with Gasteiger partial charge in [-0.2, -0.15) is 0 Å². The van der Waals surface area contributed by atoms with Crippen LogP contribution in [0.25, 0.3) is 0 Å². The van der Waals surface area contributed by atoms with Gasteiger partial charge in [-0.05, 0) is 48.0 Å². The number of alkyl halides is 1. The molecule has 0 saturated heterocycles. The molecule has 0 aromatic heterocycles. The number of nitrogens with zero attached hydrogens (tertiary/aromatic N) is 1. The summed E-state index contributed by atoms with van der Waals surface area (Å²) >= 11 is 6.63. The smallest absolute Gasteiger partial charge is 0.255 e. The van der Waals surface area contributed by atoms with Crippen LogP contribution in [0.2, 0.25) is 0 Å². The van der Waals surface area contributed by atoms with Crippen LogP contribution < -0.4 is 0 Å². The molecule has 1 aromatic carbocycles. The van der Waals surface area contributed by atoms with Crippen molar-refractivity contribution in [3.05, 3.63) is 34.1 Å². The molecule has 0 heterocycles. The maximum absolute atomic E-state index is 13.1. The Morgan fingerprint density at radius 1 is 1.47 bits per heavy atom. The Morgan fingerprint density at radius 2 is 2.06 bits per heavy atom. The summed E-state index contributed by atoms with van der Waals surface area (Å²) in [4.78, 5) is 13.8. The summed E-state index contributed by atoms with van der Waals surface area (Å²) in [6.07, 6.45) is 0. The van der Waals surface area contributed by atoms with Crippen LogP contribution in [-0.4, -0.2) is 28.7 Å². The largest absolute Gasteiger partial charge is 0.336 e. The van der Waals surface area contributed by atoms with E-state index in [0.717, 1.165) is 0 Å². The van der Waals surface area contributed by atoms with Crippen LogP contribution >= 0.6 is 31.9 Å². The Bertz CT molecular complexity index is 435. The minimum absolute atomic E-state index is 0.208. The minimum atomic E-state index is -0.415. The summed E-state index contributed by atoms with van der Waals surface area (Å²) in [6, 6.07) is 4.10. The zero-order chi connectivity index (χ0) is 13.2. The first-order valence-electron chi connectivity index (χ1n) is 5.09. The molecular weight excluding hydrogens is 353 g/mol. The summed E-state index contributed by atoms with van der Waals surface area (Å²) in [5.41, 5.74) is 0.00423. The quantitative estimate of drug-likeness (QED) is 0.744. The van der Waals surface area contributed by atoms with E-state index in [2.05, 4.69) is 31.9 Å². The first kappa shape index (κ1) is 14.6. The van der Waals surface area contributed by atoms with Crippen molar-refractivity contribution in [1.29, 1.82) is 0 Å². The highest BCUT2D eigenvalue weighted by atomic mass is 79.9. The fraction of sp³-hybridized carbons (Fsp3) is 0.417. The molecule has 0 aliphatic carbocycles. The summed E-state index contributed by atoms with van der Waals surface area (Å²) in [7, 11) is 1.71. The lowest BCUT2D eigenvalue weighted by Crippen LogP contribution is -2.46. The highest BCUT2D eigenvalue weighted by molar-refractivity contribution is 9.10. The predicted octanol–water partition coefficient (Wildman–Crippen LogP) is 3.83. The molecule has 0 N–H and O–H groups in total. The van der Waals surface area contributed by atoms with E-state index in [1.165, 1.54) is 18.2 Å². The first-order chi connectivity index (χ1) is 7.79. The maximum Gasteiger partial charge on any atom is 0.255 e. The van der Waals surface area contributed by atoms with Crippen molar-refractivity contribution in [3.8, 4) is 0 Å². The second kappa shape index (κ2) is 5.48. The van der Waals surface area contributed by atoms with Gasteiger partial charge >= 0.3 is 0 Å². The Kier molecular flexibility index (Phi) is 4.72. The highest BCUT2D eigenvalue weighted by Crippen LogP contribution is 2.23. The number of amides is 1. The van der Waals surface area contributed by atoms with Gasteiger partial charge in [0.25, 0.3) is 5.91 Å². The number of benzene rings is 1. The van der Waals surface area contributed by atoms with Crippen molar-refractivity contribution >= 4 is 37.8 Å². The zero-order valence-corrected chi connectivity index (χ0v) is 13.1. The van der Waals surface area contributed by atoms with Crippen molar-refractivity contribution in [2.24, 2.45) is 0 Å². The van der Waals surface area contributed by atoms with E-state index < -0.39 is 5.82 Å². The number of hydrogen-bond acceptors (Lipinski definition) is 1. The normalized spacial score (nSPS) is 11.4. The van der Waals surface area contributed by atoms with Gasteiger partial charge in [0.1, 0.15) is 5.82 Å². The number of hydrogen-bond donors (Lipinski definition) is 0. The van der Waals surface area contributed by atoms with E-state index >= 15 is 0 Å². The standard InChI is InChI=1S/C12H14Br2FNO/c1-12(2,7-13)16(3)11(17)9-6-8(15)4-5-10(9)14/h4-6H,7H2,1-3H3. The fourth-order valence-corrected chi connectivity index (χ4v) is 2.00. The van der Waals surface area contributed by atoms with Crippen LogP contribution in [0, 0.1) is 5.82 Å². The summed E-state index contributed by atoms with van der Waals surface area (Å²) in [5.74, 6) is -0.623. The first-order valence-corrected chi connectivity index (χ1v) is 7.00. The van der Waals surface area contributed by atoms with Gasteiger partial charge in [0.2, 0.25) is 0 Å². The van der Waals surface area contributed by atoms with Gasteiger partial charge in [0.15, 0.2) is 0 Å². The average molecular weight is 367 g/mol. The molecule has 0 bridgehead atoms. The van der Waals surface area contributed by atoms with E-state index in [0.29, 0.717) is 15.4 Å². The van der Waals surface area contributed by atoms with E-state index in [9.17, 15) is 9.18 Å². The lowest BCUT2D eigenvalue weighted by molar-refractivity contribution is 0.0662. The second-order valence-corrected chi connectivity index (χ2v) is 5.85. The fourth-order valence-electron chi connectivity index (χ4n) is 1.21. The summed E-state index contributed by atoms with van der Waals surface area (Å²) < 4.78 is 13.7. The van der Waals surface area contributed by atoms with Crippen molar-refractivity contribution < 1.29 is 9.18 Å².